The van der Waals surface area contributed by atoms with Gasteiger partial charge in [-0.05, 0) is 43.6 Å². The molecule has 0 aromatic heterocycles. The fourth-order valence-electron chi connectivity index (χ4n) is 3.56. The van der Waals surface area contributed by atoms with E-state index < -0.39 is 0 Å². The summed E-state index contributed by atoms with van der Waals surface area (Å²) in [6, 6.07) is 9.22. The van der Waals surface area contributed by atoms with Gasteiger partial charge < -0.3 is 5.73 Å². The molecule has 1 aliphatic rings. The van der Waals surface area contributed by atoms with Crippen molar-refractivity contribution in [1.29, 1.82) is 0 Å². The van der Waals surface area contributed by atoms with Gasteiger partial charge in [0.05, 0.1) is 0 Å². The summed E-state index contributed by atoms with van der Waals surface area (Å²) in [6.07, 6.45) is 10.7. The Morgan fingerprint density at radius 1 is 1.10 bits per heavy atom. The van der Waals surface area contributed by atoms with Crippen LogP contribution in [0.3, 0.4) is 0 Å². The molecule has 112 valence electrons. The van der Waals surface area contributed by atoms with Crippen LogP contribution < -0.4 is 5.73 Å². The lowest BCUT2D eigenvalue weighted by Gasteiger charge is -2.32. The average molecular weight is 273 g/mol. The maximum atomic E-state index is 6.46. The van der Waals surface area contributed by atoms with Gasteiger partial charge in [-0.15, -0.1) is 0 Å². The Morgan fingerprint density at radius 3 is 2.35 bits per heavy atom. The van der Waals surface area contributed by atoms with E-state index in [-0.39, 0.29) is 0 Å². The molecular formula is C19H31N. The molecular weight excluding hydrogens is 242 g/mol. The number of rotatable bonds is 6. The first-order chi connectivity index (χ1) is 9.69. The van der Waals surface area contributed by atoms with Crippen molar-refractivity contribution in [2.75, 3.05) is 0 Å². The number of unbranched alkanes of at least 4 members (excludes halogenated alkanes) is 1. The lowest BCUT2D eigenvalue weighted by molar-refractivity contribution is 0.231. The first-order valence-electron chi connectivity index (χ1n) is 8.50. The Bertz CT molecular complexity index is 373. The van der Waals surface area contributed by atoms with E-state index in [2.05, 4.69) is 38.1 Å². The molecule has 0 spiro atoms. The number of benzene rings is 1. The summed E-state index contributed by atoms with van der Waals surface area (Å²) in [5, 5.41) is 0. The van der Waals surface area contributed by atoms with Crippen molar-refractivity contribution in [2.24, 2.45) is 17.6 Å². The van der Waals surface area contributed by atoms with Crippen molar-refractivity contribution in [1.82, 2.24) is 0 Å². The number of nitrogens with two attached hydrogens (primary N) is 1. The molecule has 0 radical (unpaired) electrons. The highest BCUT2D eigenvalue weighted by Gasteiger charge is 2.25. The summed E-state index contributed by atoms with van der Waals surface area (Å²) >= 11 is 0. The summed E-state index contributed by atoms with van der Waals surface area (Å²) < 4.78 is 0. The SMILES string of the molecule is CCCCC1CCC(C(N)Cc2ccc(C)cc2)CC1. The predicted octanol–water partition coefficient (Wildman–Crippen LogP) is 4.86. The van der Waals surface area contributed by atoms with Crippen molar-refractivity contribution < 1.29 is 0 Å². The molecule has 1 heteroatoms. The van der Waals surface area contributed by atoms with Gasteiger partial charge in [0.2, 0.25) is 0 Å². The third-order valence-corrected chi connectivity index (χ3v) is 5.05. The van der Waals surface area contributed by atoms with Gasteiger partial charge in [-0.3, -0.25) is 0 Å². The molecule has 1 aromatic rings. The van der Waals surface area contributed by atoms with Gasteiger partial charge in [0.1, 0.15) is 0 Å². The van der Waals surface area contributed by atoms with E-state index in [1.165, 1.54) is 56.1 Å². The van der Waals surface area contributed by atoms with Crippen LogP contribution in [-0.4, -0.2) is 6.04 Å². The van der Waals surface area contributed by atoms with Crippen LogP contribution in [0.4, 0.5) is 0 Å². The maximum Gasteiger partial charge on any atom is 0.0108 e. The summed E-state index contributed by atoms with van der Waals surface area (Å²) in [5.41, 5.74) is 9.20. The molecule has 0 aliphatic heterocycles. The fourth-order valence-corrected chi connectivity index (χ4v) is 3.56. The van der Waals surface area contributed by atoms with Gasteiger partial charge in [-0.1, -0.05) is 68.9 Å². The van der Waals surface area contributed by atoms with Gasteiger partial charge in [-0.25, -0.2) is 0 Å². The molecule has 1 saturated carbocycles. The third kappa shape index (κ3) is 4.63. The van der Waals surface area contributed by atoms with Crippen LogP contribution in [0, 0.1) is 18.8 Å². The third-order valence-electron chi connectivity index (χ3n) is 5.05. The fraction of sp³-hybridized carbons (Fsp3) is 0.684. The molecule has 1 aliphatic carbocycles. The molecule has 2 N–H and O–H groups in total. The largest absolute Gasteiger partial charge is 0.327 e. The summed E-state index contributed by atoms with van der Waals surface area (Å²) in [7, 11) is 0. The number of hydrogen-bond donors (Lipinski definition) is 1. The molecule has 1 atom stereocenters. The summed E-state index contributed by atoms with van der Waals surface area (Å²) in [5.74, 6) is 1.73. The van der Waals surface area contributed by atoms with Crippen LogP contribution in [0.5, 0.6) is 0 Å². The smallest absolute Gasteiger partial charge is 0.0108 e. The monoisotopic (exact) mass is 273 g/mol. The normalized spacial score (nSPS) is 24.6. The minimum atomic E-state index is 0.352. The second-order valence-electron chi connectivity index (χ2n) is 6.78. The van der Waals surface area contributed by atoms with Crippen LogP contribution in [0.2, 0.25) is 0 Å². The van der Waals surface area contributed by atoms with Gasteiger partial charge in [0, 0.05) is 6.04 Å². The van der Waals surface area contributed by atoms with E-state index in [9.17, 15) is 0 Å². The Kier molecular flexibility index (Phi) is 6.09. The van der Waals surface area contributed by atoms with Gasteiger partial charge in [-0.2, -0.15) is 0 Å². The van der Waals surface area contributed by atoms with Crippen LogP contribution in [0.15, 0.2) is 24.3 Å². The highest BCUT2D eigenvalue weighted by Crippen LogP contribution is 2.33. The minimum absolute atomic E-state index is 0.352. The van der Waals surface area contributed by atoms with Crippen LogP contribution in [0.25, 0.3) is 0 Å². The Labute approximate surface area is 125 Å². The first kappa shape index (κ1) is 15.6. The van der Waals surface area contributed by atoms with Crippen molar-refractivity contribution >= 4 is 0 Å². The van der Waals surface area contributed by atoms with Crippen LogP contribution >= 0.6 is 0 Å². The van der Waals surface area contributed by atoms with E-state index in [4.69, 9.17) is 5.73 Å². The lowest BCUT2D eigenvalue weighted by Crippen LogP contribution is -2.34. The second kappa shape index (κ2) is 7.83. The molecule has 1 aromatic carbocycles. The maximum absolute atomic E-state index is 6.46. The van der Waals surface area contributed by atoms with Crippen LogP contribution in [0.1, 0.15) is 63.0 Å². The number of aryl methyl sites for hydroxylation is 1. The molecule has 20 heavy (non-hydrogen) atoms. The topological polar surface area (TPSA) is 26.0 Å². The highest BCUT2D eigenvalue weighted by molar-refractivity contribution is 5.22. The van der Waals surface area contributed by atoms with Gasteiger partial charge in [0.25, 0.3) is 0 Å². The van der Waals surface area contributed by atoms with Gasteiger partial charge in [0.15, 0.2) is 0 Å². The quantitative estimate of drug-likeness (QED) is 0.787. The van der Waals surface area contributed by atoms with E-state index >= 15 is 0 Å². The molecule has 1 unspecified atom stereocenters. The number of hydrogen-bond acceptors (Lipinski definition) is 1. The van der Waals surface area contributed by atoms with E-state index in [0.717, 1.165) is 18.3 Å². The molecule has 1 fully saturated rings. The average Bonchev–Trinajstić information content (AvgIpc) is 2.48. The van der Waals surface area contributed by atoms with E-state index in [0.29, 0.717) is 6.04 Å². The summed E-state index contributed by atoms with van der Waals surface area (Å²) in [6.45, 7) is 4.43. The minimum Gasteiger partial charge on any atom is -0.327 e. The zero-order valence-electron chi connectivity index (χ0n) is 13.3. The molecule has 0 heterocycles. The van der Waals surface area contributed by atoms with Crippen molar-refractivity contribution in [3.63, 3.8) is 0 Å². The Morgan fingerprint density at radius 2 is 1.75 bits per heavy atom. The molecule has 0 bridgehead atoms. The predicted molar refractivity (Wildman–Crippen MR) is 87.8 cm³/mol. The summed E-state index contributed by atoms with van der Waals surface area (Å²) in [4.78, 5) is 0. The molecule has 0 amide bonds. The Balaban J connectivity index is 1.76. The molecule has 2 rings (SSSR count). The zero-order valence-corrected chi connectivity index (χ0v) is 13.3. The second-order valence-corrected chi connectivity index (χ2v) is 6.78. The van der Waals surface area contributed by atoms with Crippen molar-refractivity contribution in [3.05, 3.63) is 35.4 Å². The highest BCUT2D eigenvalue weighted by atomic mass is 14.6. The van der Waals surface area contributed by atoms with Gasteiger partial charge >= 0.3 is 0 Å². The molecule has 0 saturated heterocycles. The standard InChI is InChI=1S/C19H31N/c1-3-4-5-16-10-12-18(13-11-16)19(20)14-17-8-6-15(2)7-9-17/h6-9,16,18-19H,3-5,10-14,20H2,1-2H3. The zero-order chi connectivity index (χ0) is 14.4. The van der Waals surface area contributed by atoms with Crippen LogP contribution in [-0.2, 0) is 6.42 Å². The van der Waals surface area contributed by atoms with Crippen molar-refractivity contribution in [2.45, 2.75) is 71.3 Å². The Hall–Kier alpha value is -0.820. The van der Waals surface area contributed by atoms with E-state index in [1.54, 1.807) is 0 Å². The molecule has 1 nitrogen and oxygen atoms in total. The lowest BCUT2D eigenvalue weighted by atomic mass is 9.76. The van der Waals surface area contributed by atoms with Crippen molar-refractivity contribution in [3.8, 4) is 0 Å². The first-order valence-corrected chi connectivity index (χ1v) is 8.50. The van der Waals surface area contributed by atoms with E-state index in [1.807, 2.05) is 0 Å².